The van der Waals surface area contributed by atoms with Crippen LogP contribution in [0.4, 0.5) is 0 Å². The first kappa shape index (κ1) is 23.7. The summed E-state index contributed by atoms with van der Waals surface area (Å²) in [7, 11) is -1.72. The molecule has 6 nitrogen and oxygen atoms in total. The Kier molecular flexibility index (Phi) is 7.11. The number of amides is 1. The van der Waals surface area contributed by atoms with Gasteiger partial charge in [0.1, 0.15) is 0 Å². The SMILES string of the molecule is Cc1cc(C)c([C@@H](C)NC(=O)c2cc(S(=O)(=O)N3CCN(C)CC3)ccc2Cl)cc1C. The van der Waals surface area contributed by atoms with E-state index in [1.54, 1.807) is 0 Å². The van der Waals surface area contributed by atoms with E-state index in [0.717, 1.165) is 16.7 Å². The van der Waals surface area contributed by atoms with Crippen LogP contribution in [0, 0.1) is 20.8 Å². The number of benzene rings is 2. The van der Waals surface area contributed by atoms with Crippen LogP contribution in [-0.2, 0) is 10.0 Å². The van der Waals surface area contributed by atoms with Crippen molar-refractivity contribution in [3.05, 3.63) is 63.2 Å². The molecule has 1 N–H and O–H groups in total. The molecule has 1 heterocycles. The standard InChI is InChI=1S/C23H30ClN3O3S/c1-15-12-17(3)20(13-16(15)2)18(4)25-23(28)21-14-19(6-7-22(21)24)31(29,30)27-10-8-26(5)9-11-27/h6-7,12-14,18H,8-11H2,1-5H3,(H,25,28)/t18-/m1/s1. The zero-order chi connectivity index (χ0) is 22.9. The van der Waals surface area contributed by atoms with E-state index < -0.39 is 15.9 Å². The van der Waals surface area contributed by atoms with E-state index in [9.17, 15) is 13.2 Å². The summed E-state index contributed by atoms with van der Waals surface area (Å²) in [6, 6.07) is 8.25. The van der Waals surface area contributed by atoms with Crippen molar-refractivity contribution >= 4 is 27.5 Å². The number of nitrogens with one attached hydrogen (secondary N) is 1. The molecule has 1 fully saturated rings. The number of aryl methyl sites for hydroxylation is 3. The fourth-order valence-corrected chi connectivity index (χ4v) is 5.47. The number of nitrogens with zero attached hydrogens (tertiary/aromatic N) is 2. The molecule has 168 valence electrons. The predicted octanol–water partition coefficient (Wildman–Crippen LogP) is 3.69. The monoisotopic (exact) mass is 463 g/mol. The average Bonchev–Trinajstić information content (AvgIpc) is 2.71. The zero-order valence-corrected chi connectivity index (χ0v) is 20.3. The molecule has 3 rings (SSSR count). The van der Waals surface area contributed by atoms with Gasteiger partial charge in [-0.15, -0.1) is 0 Å². The maximum absolute atomic E-state index is 13.1. The lowest BCUT2D eigenvalue weighted by atomic mass is 9.96. The number of rotatable bonds is 5. The third kappa shape index (κ3) is 5.12. The van der Waals surface area contributed by atoms with Gasteiger partial charge in [0.15, 0.2) is 0 Å². The molecule has 0 bridgehead atoms. The molecule has 0 radical (unpaired) electrons. The Hall–Kier alpha value is -1.93. The fourth-order valence-electron chi connectivity index (χ4n) is 3.82. The van der Waals surface area contributed by atoms with Crippen molar-refractivity contribution in [2.75, 3.05) is 33.2 Å². The highest BCUT2D eigenvalue weighted by molar-refractivity contribution is 7.89. The maximum atomic E-state index is 13.1. The van der Waals surface area contributed by atoms with Crippen molar-refractivity contribution in [1.29, 1.82) is 0 Å². The highest BCUT2D eigenvalue weighted by atomic mass is 35.5. The van der Waals surface area contributed by atoms with Crippen molar-refractivity contribution in [1.82, 2.24) is 14.5 Å². The molecule has 1 amide bonds. The quantitative estimate of drug-likeness (QED) is 0.734. The lowest BCUT2D eigenvalue weighted by Crippen LogP contribution is -2.47. The van der Waals surface area contributed by atoms with Crippen LogP contribution in [-0.4, -0.2) is 56.8 Å². The Morgan fingerprint density at radius 3 is 2.26 bits per heavy atom. The highest BCUT2D eigenvalue weighted by Crippen LogP contribution is 2.26. The second kappa shape index (κ2) is 9.28. The van der Waals surface area contributed by atoms with E-state index >= 15 is 0 Å². The number of piperazine rings is 1. The van der Waals surface area contributed by atoms with Gasteiger partial charge in [-0.3, -0.25) is 4.79 Å². The molecule has 1 aliphatic rings. The van der Waals surface area contributed by atoms with Crippen molar-refractivity contribution in [3.8, 4) is 0 Å². The number of carbonyl (C=O) groups excluding carboxylic acids is 1. The molecular formula is C23H30ClN3O3S. The minimum Gasteiger partial charge on any atom is -0.345 e. The molecule has 2 aromatic carbocycles. The average molecular weight is 464 g/mol. The van der Waals surface area contributed by atoms with Crippen LogP contribution in [0.1, 0.15) is 45.6 Å². The van der Waals surface area contributed by atoms with Gasteiger partial charge >= 0.3 is 0 Å². The molecule has 1 aliphatic heterocycles. The van der Waals surface area contributed by atoms with Gasteiger partial charge in [0.25, 0.3) is 5.91 Å². The minimum absolute atomic E-state index is 0.0848. The molecule has 8 heteroatoms. The van der Waals surface area contributed by atoms with Crippen molar-refractivity contribution < 1.29 is 13.2 Å². The molecule has 0 unspecified atom stereocenters. The van der Waals surface area contributed by atoms with Crippen molar-refractivity contribution in [2.24, 2.45) is 0 Å². The van der Waals surface area contributed by atoms with Gasteiger partial charge in [-0.05, 0) is 75.2 Å². The van der Waals surface area contributed by atoms with Crippen LogP contribution in [0.5, 0.6) is 0 Å². The Balaban J connectivity index is 1.84. The van der Waals surface area contributed by atoms with E-state index in [2.05, 4.69) is 29.3 Å². The molecule has 0 spiro atoms. The summed E-state index contributed by atoms with van der Waals surface area (Å²) < 4.78 is 27.6. The summed E-state index contributed by atoms with van der Waals surface area (Å²) in [5.74, 6) is -0.398. The van der Waals surface area contributed by atoms with Gasteiger partial charge in [-0.1, -0.05) is 23.7 Å². The van der Waals surface area contributed by atoms with Crippen molar-refractivity contribution in [3.63, 3.8) is 0 Å². The predicted molar refractivity (Wildman–Crippen MR) is 124 cm³/mol. The second-order valence-corrected chi connectivity index (χ2v) is 10.7. The smallest absolute Gasteiger partial charge is 0.253 e. The Bertz CT molecular complexity index is 1090. The first-order chi connectivity index (χ1) is 14.5. The van der Waals surface area contributed by atoms with Crippen LogP contribution in [0.2, 0.25) is 5.02 Å². The minimum atomic E-state index is -3.69. The van der Waals surface area contributed by atoms with E-state index in [4.69, 9.17) is 11.6 Å². The molecule has 2 aromatic rings. The number of halogens is 1. The molecule has 0 aliphatic carbocycles. The first-order valence-corrected chi connectivity index (χ1v) is 12.2. The fraction of sp³-hybridized carbons (Fsp3) is 0.435. The maximum Gasteiger partial charge on any atom is 0.253 e. The molecule has 1 saturated heterocycles. The summed E-state index contributed by atoms with van der Waals surface area (Å²) in [6.07, 6.45) is 0. The van der Waals surface area contributed by atoms with Gasteiger partial charge in [0, 0.05) is 26.2 Å². The number of hydrogen-bond acceptors (Lipinski definition) is 4. The molecule has 31 heavy (non-hydrogen) atoms. The Labute approximate surface area is 190 Å². The largest absolute Gasteiger partial charge is 0.345 e. The normalized spacial score (nSPS) is 16.8. The van der Waals surface area contributed by atoms with Gasteiger partial charge in [0.2, 0.25) is 10.0 Å². The lowest BCUT2D eigenvalue weighted by molar-refractivity contribution is 0.0939. The molecule has 0 saturated carbocycles. The number of hydrogen-bond donors (Lipinski definition) is 1. The van der Waals surface area contributed by atoms with Crippen LogP contribution < -0.4 is 5.32 Å². The topological polar surface area (TPSA) is 69.7 Å². The summed E-state index contributed by atoms with van der Waals surface area (Å²) in [6.45, 7) is 10.2. The summed E-state index contributed by atoms with van der Waals surface area (Å²) >= 11 is 6.28. The van der Waals surface area contributed by atoms with E-state index in [-0.39, 0.29) is 21.5 Å². The van der Waals surface area contributed by atoms with E-state index in [1.807, 2.05) is 27.8 Å². The van der Waals surface area contributed by atoms with Crippen LogP contribution in [0.15, 0.2) is 35.2 Å². The molecule has 1 atom stereocenters. The van der Waals surface area contributed by atoms with Gasteiger partial charge < -0.3 is 10.2 Å². The number of sulfonamides is 1. The summed E-state index contributed by atoms with van der Waals surface area (Å²) in [5, 5.41) is 3.19. The molecule has 0 aromatic heterocycles. The Morgan fingerprint density at radius 1 is 1.00 bits per heavy atom. The third-order valence-electron chi connectivity index (χ3n) is 5.98. The highest BCUT2D eigenvalue weighted by Gasteiger charge is 2.29. The summed E-state index contributed by atoms with van der Waals surface area (Å²) in [5.41, 5.74) is 4.62. The van der Waals surface area contributed by atoms with E-state index in [0.29, 0.717) is 26.2 Å². The number of carbonyl (C=O) groups is 1. The van der Waals surface area contributed by atoms with Gasteiger partial charge in [-0.2, -0.15) is 4.31 Å². The number of likely N-dealkylation sites (N-methyl/N-ethyl adjacent to an activating group) is 1. The van der Waals surface area contributed by atoms with Crippen LogP contribution in [0.3, 0.4) is 0 Å². The van der Waals surface area contributed by atoms with Crippen LogP contribution >= 0.6 is 11.6 Å². The third-order valence-corrected chi connectivity index (χ3v) is 8.20. The zero-order valence-electron chi connectivity index (χ0n) is 18.7. The van der Waals surface area contributed by atoms with Crippen molar-refractivity contribution in [2.45, 2.75) is 38.6 Å². The summed E-state index contributed by atoms with van der Waals surface area (Å²) in [4.78, 5) is 15.2. The second-order valence-electron chi connectivity index (χ2n) is 8.34. The lowest BCUT2D eigenvalue weighted by Gasteiger charge is -2.31. The van der Waals surface area contributed by atoms with Gasteiger partial charge in [-0.25, -0.2) is 8.42 Å². The first-order valence-electron chi connectivity index (χ1n) is 10.4. The Morgan fingerprint density at radius 2 is 1.61 bits per heavy atom. The molecular weight excluding hydrogens is 434 g/mol. The van der Waals surface area contributed by atoms with Gasteiger partial charge in [0.05, 0.1) is 21.5 Å². The van der Waals surface area contributed by atoms with E-state index in [1.165, 1.54) is 28.1 Å². The van der Waals surface area contributed by atoms with Crippen LogP contribution in [0.25, 0.3) is 0 Å².